The van der Waals surface area contributed by atoms with E-state index >= 15 is 0 Å². The van der Waals surface area contributed by atoms with Gasteiger partial charge in [-0.25, -0.2) is 0 Å². The molecule has 10 nitrogen and oxygen atoms in total. The predicted octanol–water partition coefficient (Wildman–Crippen LogP) is 8.40. The molecule has 1 fully saturated rings. The standard InChI is InChI=1S/C23H50N6O.C11H22O.C10H20O2/c24-13-8-17-26-14-6-7-15-27-18-9-19-29-23(30)22(25)12-4-5-16-28-20-21-10-2-1-3-11-21;1-3-4-5-6-7-8-9-10-11(2)12;1-2-3-4-5-6-7-8-9-10(11)12/h21-22,26-28H,1-20,24-25H2,(H,29,30);3-10H2,1-2H3;2-9H2,1H3,(H,11,12)/t22-;;/m0../s1. The fourth-order valence-corrected chi connectivity index (χ4v) is 6.54. The average molecular weight is 769 g/mol. The van der Waals surface area contributed by atoms with Crippen LogP contribution in [0, 0.1) is 5.92 Å². The number of nitrogens with two attached hydrogens (primary N) is 2. The van der Waals surface area contributed by atoms with Gasteiger partial charge in [-0.2, -0.15) is 0 Å². The van der Waals surface area contributed by atoms with Gasteiger partial charge < -0.3 is 42.6 Å². The van der Waals surface area contributed by atoms with Crippen molar-refractivity contribution < 1.29 is 19.5 Å². The van der Waals surface area contributed by atoms with Crippen molar-refractivity contribution in [2.45, 2.75) is 207 Å². The molecule has 1 aliphatic carbocycles. The number of rotatable bonds is 36. The monoisotopic (exact) mass is 769 g/mol. The maximum Gasteiger partial charge on any atom is 0.303 e. The number of unbranched alkanes of at least 4 members (excludes halogenated alkanes) is 14. The van der Waals surface area contributed by atoms with E-state index in [2.05, 4.69) is 35.1 Å². The molecule has 1 aliphatic rings. The van der Waals surface area contributed by atoms with Gasteiger partial charge in [0.05, 0.1) is 6.04 Å². The highest BCUT2D eigenvalue weighted by molar-refractivity contribution is 5.81. The van der Waals surface area contributed by atoms with Crippen molar-refractivity contribution in [3.8, 4) is 0 Å². The first-order valence-corrected chi connectivity index (χ1v) is 22.8. The van der Waals surface area contributed by atoms with Gasteiger partial charge in [0.2, 0.25) is 5.91 Å². The Bertz CT molecular complexity index is 769. The summed E-state index contributed by atoms with van der Waals surface area (Å²) in [5.74, 6) is 0.547. The maximum absolute atomic E-state index is 12.1. The van der Waals surface area contributed by atoms with E-state index in [0.717, 1.165) is 110 Å². The second kappa shape index (κ2) is 45.8. The summed E-state index contributed by atoms with van der Waals surface area (Å²) >= 11 is 0. The van der Waals surface area contributed by atoms with Crippen LogP contribution in [-0.4, -0.2) is 81.2 Å². The smallest absolute Gasteiger partial charge is 0.303 e. The van der Waals surface area contributed by atoms with Crippen LogP contribution >= 0.6 is 0 Å². The lowest BCUT2D eigenvalue weighted by Gasteiger charge is -2.21. The molecule has 0 radical (unpaired) electrons. The molecule has 1 amide bonds. The number of carbonyl (C=O) groups is 3. The number of aliphatic carboxylic acids is 1. The Morgan fingerprint density at radius 3 is 1.61 bits per heavy atom. The SMILES string of the molecule is CCCCCCCCCC(=O)O.CCCCCCCCCC(C)=O.NCCCNCCCCNCCCNC(=O)[C@@H](N)CCCCNCC1CCCCC1. The first kappa shape index (κ1) is 54.5. The third kappa shape index (κ3) is 46.6. The fraction of sp³-hybridized carbons (Fsp3) is 0.932. The molecule has 1 atom stereocenters. The van der Waals surface area contributed by atoms with Gasteiger partial charge in [-0.1, -0.05) is 117 Å². The molecule has 0 spiro atoms. The van der Waals surface area contributed by atoms with Crippen molar-refractivity contribution in [1.29, 1.82) is 0 Å². The summed E-state index contributed by atoms with van der Waals surface area (Å²) in [5, 5.41) is 21.7. The molecule has 0 aromatic carbocycles. The lowest BCUT2D eigenvalue weighted by Crippen LogP contribution is -2.41. The highest BCUT2D eigenvalue weighted by atomic mass is 16.4. The van der Waals surface area contributed by atoms with Gasteiger partial charge in [0.15, 0.2) is 0 Å². The number of Topliss-reactive ketones (excluding diaryl/α,β-unsaturated/α-hetero) is 1. The second-order valence-electron chi connectivity index (χ2n) is 15.6. The third-order valence-corrected chi connectivity index (χ3v) is 10.1. The number of carbonyl (C=O) groups excluding carboxylic acids is 2. The number of hydrogen-bond acceptors (Lipinski definition) is 8. The molecule has 10 heteroatoms. The highest BCUT2D eigenvalue weighted by Gasteiger charge is 2.14. The molecule has 0 aliphatic heterocycles. The maximum atomic E-state index is 12.1. The van der Waals surface area contributed by atoms with E-state index in [1.54, 1.807) is 6.92 Å². The van der Waals surface area contributed by atoms with Crippen LogP contribution in [0.15, 0.2) is 0 Å². The van der Waals surface area contributed by atoms with Gasteiger partial charge in [0.25, 0.3) is 0 Å². The van der Waals surface area contributed by atoms with Crippen molar-refractivity contribution in [2.75, 3.05) is 52.4 Å². The van der Waals surface area contributed by atoms with Gasteiger partial charge >= 0.3 is 5.97 Å². The minimum atomic E-state index is -0.663. The molecule has 1 rings (SSSR count). The lowest BCUT2D eigenvalue weighted by atomic mass is 9.89. The quantitative estimate of drug-likeness (QED) is 0.0309. The van der Waals surface area contributed by atoms with E-state index < -0.39 is 5.97 Å². The van der Waals surface area contributed by atoms with Gasteiger partial charge in [-0.15, -0.1) is 0 Å². The van der Waals surface area contributed by atoms with E-state index in [1.807, 2.05) is 0 Å². The van der Waals surface area contributed by atoms with E-state index in [-0.39, 0.29) is 11.9 Å². The second-order valence-corrected chi connectivity index (χ2v) is 15.6. The van der Waals surface area contributed by atoms with Crippen LogP contribution < -0.4 is 32.7 Å². The summed E-state index contributed by atoms with van der Waals surface area (Å²) in [4.78, 5) is 32.8. The minimum Gasteiger partial charge on any atom is -0.481 e. The van der Waals surface area contributed by atoms with Crippen LogP contribution in [0.5, 0.6) is 0 Å². The molecule has 0 saturated heterocycles. The molecule has 1 saturated carbocycles. The number of ketones is 1. The number of nitrogens with one attached hydrogen (secondary N) is 4. The van der Waals surface area contributed by atoms with Crippen LogP contribution in [0.3, 0.4) is 0 Å². The number of hydrogen-bond donors (Lipinski definition) is 7. The molecule has 9 N–H and O–H groups in total. The Labute approximate surface area is 334 Å². The van der Waals surface area contributed by atoms with Crippen molar-refractivity contribution in [3.05, 3.63) is 0 Å². The minimum absolute atomic E-state index is 0.00582. The third-order valence-electron chi connectivity index (χ3n) is 10.1. The van der Waals surface area contributed by atoms with Crippen molar-refractivity contribution in [3.63, 3.8) is 0 Å². The first-order chi connectivity index (χ1) is 26.3. The van der Waals surface area contributed by atoms with Crippen LogP contribution in [0.2, 0.25) is 0 Å². The van der Waals surface area contributed by atoms with E-state index in [9.17, 15) is 14.4 Å². The zero-order valence-electron chi connectivity index (χ0n) is 35.9. The molecule has 0 bridgehead atoms. The van der Waals surface area contributed by atoms with Gasteiger partial charge in [0, 0.05) is 19.4 Å². The van der Waals surface area contributed by atoms with E-state index in [1.165, 1.54) is 116 Å². The number of amides is 1. The van der Waals surface area contributed by atoms with Gasteiger partial charge in [-0.3, -0.25) is 9.59 Å². The van der Waals surface area contributed by atoms with Crippen molar-refractivity contribution in [2.24, 2.45) is 17.4 Å². The highest BCUT2D eigenvalue weighted by Crippen LogP contribution is 2.22. The average Bonchev–Trinajstić information content (AvgIpc) is 3.16. The summed E-state index contributed by atoms with van der Waals surface area (Å²) in [6.07, 6.45) is 32.7. The van der Waals surface area contributed by atoms with Crippen molar-refractivity contribution >= 4 is 17.7 Å². The van der Waals surface area contributed by atoms with Crippen LogP contribution in [0.1, 0.15) is 201 Å². The molecule has 0 aromatic heterocycles. The summed E-state index contributed by atoms with van der Waals surface area (Å²) in [6.45, 7) is 13.8. The van der Waals surface area contributed by atoms with Crippen LogP contribution in [0.4, 0.5) is 0 Å². The fourth-order valence-electron chi connectivity index (χ4n) is 6.54. The first-order valence-electron chi connectivity index (χ1n) is 22.8. The number of carboxylic acid groups (broad SMARTS) is 1. The topological polar surface area (TPSA) is 172 Å². The summed E-state index contributed by atoms with van der Waals surface area (Å²) in [6, 6.07) is -0.372. The predicted molar refractivity (Wildman–Crippen MR) is 231 cm³/mol. The normalized spacial score (nSPS) is 13.4. The van der Waals surface area contributed by atoms with E-state index in [4.69, 9.17) is 16.6 Å². The molecule has 0 heterocycles. The van der Waals surface area contributed by atoms with Crippen LogP contribution in [-0.2, 0) is 14.4 Å². The molecular formula is C44H92N6O4. The molecule has 322 valence electrons. The summed E-state index contributed by atoms with van der Waals surface area (Å²) in [7, 11) is 0. The largest absolute Gasteiger partial charge is 0.481 e. The zero-order chi connectivity index (χ0) is 40.2. The van der Waals surface area contributed by atoms with Gasteiger partial charge in [0.1, 0.15) is 5.78 Å². The Morgan fingerprint density at radius 1 is 0.593 bits per heavy atom. The molecular weight excluding hydrogens is 677 g/mol. The Hall–Kier alpha value is -1.59. The molecule has 54 heavy (non-hydrogen) atoms. The zero-order valence-corrected chi connectivity index (χ0v) is 35.9. The molecule has 0 unspecified atom stereocenters. The summed E-state index contributed by atoms with van der Waals surface area (Å²) in [5.41, 5.74) is 11.5. The van der Waals surface area contributed by atoms with E-state index in [0.29, 0.717) is 18.7 Å². The van der Waals surface area contributed by atoms with Crippen molar-refractivity contribution in [1.82, 2.24) is 21.3 Å². The molecule has 0 aromatic rings. The Balaban J connectivity index is 0. The lowest BCUT2D eigenvalue weighted by molar-refractivity contribution is -0.137. The Kier molecular flexibility index (Phi) is 46.2. The Morgan fingerprint density at radius 2 is 1.07 bits per heavy atom. The summed E-state index contributed by atoms with van der Waals surface area (Å²) < 4.78 is 0. The van der Waals surface area contributed by atoms with Crippen LogP contribution in [0.25, 0.3) is 0 Å². The number of carboxylic acids is 1. The van der Waals surface area contributed by atoms with Gasteiger partial charge in [-0.05, 0) is 123 Å².